The summed E-state index contributed by atoms with van der Waals surface area (Å²) >= 11 is 0. The van der Waals surface area contributed by atoms with Crippen LogP contribution in [0.4, 0.5) is 5.69 Å². The Morgan fingerprint density at radius 3 is 2.50 bits per heavy atom. The van der Waals surface area contributed by atoms with E-state index in [1.165, 1.54) is 33.5 Å². The van der Waals surface area contributed by atoms with Gasteiger partial charge in [0.2, 0.25) is 0 Å². The van der Waals surface area contributed by atoms with Gasteiger partial charge in [-0.1, -0.05) is 44.2 Å². The lowest BCUT2D eigenvalue weighted by molar-refractivity contribution is -0.107. The van der Waals surface area contributed by atoms with E-state index in [-0.39, 0.29) is 5.60 Å². The molecule has 0 N–H and O–H groups in total. The maximum atomic E-state index is 11.2. The van der Waals surface area contributed by atoms with E-state index in [0.717, 1.165) is 31.4 Å². The lowest BCUT2D eigenvalue weighted by atomic mass is 9.85. The van der Waals surface area contributed by atoms with Gasteiger partial charge in [0.05, 0.1) is 0 Å². The van der Waals surface area contributed by atoms with Gasteiger partial charge in [-0.2, -0.15) is 0 Å². The number of rotatable bonds is 7. The first-order chi connectivity index (χ1) is 13.2. The van der Waals surface area contributed by atoms with Gasteiger partial charge >= 0.3 is 0 Å². The molecule has 0 amide bonds. The highest BCUT2D eigenvalue weighted by molar-refractivity contribution is 5.72. The van der Waals surface area contributed by atoms with Crippen molar-refractivity contribution in [1.29, 1.82) is 0 Å². The Labute approximate surface area is 169 Å². The van der Waals surface area contributed by atoms with Crippen LogP contribution >= 0.6 is 0 Å². The molecule has 3 heteroatoms. The molecule has 0 saturated carbocycles. The fraction of sp³-hybridized carbons (Fsp3) is 0.480. The Hall–Kier alpha value is -2.29. The average Bonchev–Trinajstić information content (AvgIpc) is 2.97. The maximum absolute atomic E-state index is 11.2. The molecule has 0 spiro atoms. The van der Waals surface area contributed by atoms with Crippen molar-refractivity contribution in [3.05, 3.63) is 58.1 Å². The molecule has 3 nitrogen and oxygen atoms in total. The molecule has 2 aromatic carbocycles. The average molecular weight is 380 g/mol. The van der Waals surface area contributed by atoms with Crippen molar-refractivity contribution < 1.29 is 9.53 Å². The van der Waals surface area contributed by atoms with E-state index < -0.39 is 0 Å². The van der Waals surface area contributed by atoms with Gasteiger partial charge in [0.25, 0.3) is 0 Å². The van der Waals surface area contributed by atoms with Crippen LogP contribution in [-0.2, 0) is 24.2 Å². The van der Waals surface area contributed by atoms with E-state index in [1.54, 1.807) is 0 Å². The van der Waals surface area contributed by atoms with Gasteiger partial charge in [0, 0.05) is 43.2 Å². The van der Waals surface area contributed by atoms with Gasteiger partial charge in [0.1, 0.15) is 17.6 Å². The number of anilines is 1. The number of nitrogens with zero attached hydrogens (tertiary/aromatic N) is 1. The van der Waals surface area contributed by atoms with E-state index in [9.17, 15) is 4.79 Å². The normalized spacial score (nSPS) is 14.7. The number of hydrogen-bond acceptors (Lipinski definition) is 3. The van der Waals surface area contributed by atoms with E-state index in [4.69, 9.17) is 4.74 Å². The van der Waals surface area contributed by atoms with Gasteiger partial charge in [0.15, 0.2) is 0 Å². The molecule has 0 atom stereocenters. The Bertz CT molecular complexity index is 853. The van der Waals surface area contributed by atoms with Gasteiger partial charge in [-0.15, -0.1) is 0 Å². The molecular weight excluding hydrogens is 346 g/mol. The van der Waals surface area contributed by atoms with Crippen molar-refractivity contribution in [3.8, 4) is 5.75 Å². The highest BCUT2D eigenvalue weighted by Crippen LogP contribution is 2.48. The van der Waals surface area contributed by atoms with Crippen LogP contribution in [0.2, 0.25) is 0 Å². The fourth-order valence-corrected chi connectivity index (χ4v) is 4.54. The lowest BCUT2D eigenvalue weighted by Crippen LogP contribution is -2.25. The van der Waals surface area contributed by atoms with Crippen LogP contribution in [-0.4, -0.2) is 18.9 Å². The summed E-state index contributed by atoms with van der Waals surface area (Å²) in [7, 11) is 2.18. The largest absolute Gasteiger partial charge is 0.487 e. The second-order valence-electron chi connectivity index (χ2n) is 8.91. The van der Waals surface area contributed by atoms with Crippen LogP contribution in [0.25, 0.3) is 0 Å². The zero-order valence-electron chi connectivity index (χ0n) is 18.1. The Balaban J connectivity index is 2.16. The number of carbonyl (C=O) groups excluding carboxylic acids is 1. The molecule has 0 radical (unpaired) electrons. The first-order valence-corrected chi connectivity index (χ1v) is 10.3. The first-order valence-electron chi connectivity index (χ1n) is 10.3. The maximum Gasteiger partial charge on any atom is 0.127 e. The van der Waals surface area contributed by atoms with E-state index in [1.807, 2.05) is 0 Å². The van der Waals surface area contributed by atoms with Crippen LogP contribution in [0.15, 0.2) is 30.3 Å². The predicted molar refractivity (Wildman–Crippen MR) is 117 cm³/mol. The summed E-state index contributed by atoms with van der Waals surface area (Å²) in [5.41, 5.74) is 7.58. The number of hydrogen-bond donors (Lipinski definition) is 0. The summed E-state index contributed by atoms with van der Waals surface area (Å²) in [5.74, 6) is 1.39. The molecule has 0 aliphatic carbocycles. The number of ether oxygens (including phenoxy) is 1. The first kappa shape index (κ1) is 20.4. The number of benzene rings is 2. The molecule has 2 aromatic rings. The van der Waals surface area contributed by atoms with Crippen LogP contribution in [0.1, 0.15) is 67.9 Å². The Morgan fingerprint density at radius 1 is 1.21 bits per heavy atom. The summed E-state index contributed by atoms with van der Waals surface area (Å²) in [6.07, 6.45) is 3.19. The lowest BCUT2D eigenvalue weighted by Gasteiger charge is -2.30. The second kappa shape index (κ2) is 7.98. The van der Waals surface area contributed by atoms with Crippen molar-refractivity contribution in [1.82, 2.24) is 0 Å². The highest BCUT2D eigenvalue weighted by atomic mass is 16.5. The van der Waals surface area contributed by atoms with Gasteiger partial charge in [-0.25, -0.2) is 0 Å². The van der Waals surface area contributed by atoms with Crippen molar-refractivity contribution in [3.63, 3.8) is 0 Å². The van der Waals surface area contributed by atoms with Crippen LogP contribution in [0.5, 0.6) is 5.75 Å². The quantitative estimate of drug-likeness (QED) is 0.587. The Kier molecular flexibility index (Phi) is 5.83. The summed E-state index contributed by atoms with van der Waals surface area (Å²) in [6.45, 7) is 11.9. The topological polar surface area (TPSA) is 29.5 Å². The molecule has 3 rings (SSSR count). The molecule has 1 aliphatic rings. The van der Waals surface area contributed by atoms with E-state index in [0.29, 0.717) is 12.3 Å². The molecule has 28 heavy (non-hydrogen) atoms. The van der Waals surface area contributed by atoms with Gasteiger partial charge in [-0.05, 0) is 49.8 Å². The predicted octanol–water partition coefficient (Wildman–Crippen LogP) is 5.60. The van der Waals surface area contributed by atoms with Crippen LogP contribution in [0, 0.1) is 6.92 Å². The molecule has 0 bridgehead atoms. The minimum Gasteiger partial charge on any atom is -0.487 e. The summed E-state index contributed by atoms with van der Waals surface area (Å²) in [5, 5.41) is 0. The van der Waals surface area contributed by atoms with Crippen molar-refractivity contribution in [2.75, 3.05) is 11.9 Å². The van der Waals surface area contributed by atoms with Gasteiger partial charge in [-0.3, -0.25) is 0 Å². The zero-order valence-corrected chi connectivity index (χ0v) is 18.1. The SMILES string of the molecule is Cc1c2c(c(CCC=O)c(C(C)C)c1N(C)Cc1ccccc1)OC(C)(C)C2. The molecule has 0 unspecified atom stereocenters. The third-order valence-corrected chi connectivity index (χ3v) is 5.65. The summed E-state index contributed by atoms with van der Waals surface area (Å²) < 4.78 is 6.41. The van der Waals surface area contributed by atoms with Crippen LogP contribution < -0.4 is 9.64 Å². The molecule has 150 valence electrons. The minimum absolute atomic E-state index is 0.200. The number of carbonyl (C=O) groups is 1. The van der Waals surface area contributed by atoms with Crippen LogP contribution in [0.3, 0.4) is 0 Å². The molecule has 1 aliphatic heterocycles. The van der Waals surface area contributed by atoms with Crippen molar-refractivity contribution in [2.45, 2.75) is 71.9 Å². The second-order valence-corrected chi connectivity index (χ2v) is 8.91. The summed E-state index contributed by atoms with van der Waals surface area (Å²) in [6, 6.07) is 10.6. The third-order valence-electron chi connectivity index (χ3n) is 5.65. The van der Waals surface area contributed by atoms with Crippen molar-refractivity contribution >= 4 is 12.0 Å². The molecule has 1 heterocycles. The molecule has 0 aromatic heterocycles. The van der Waals surface area contributed by atoms with Gasteiger partial charge < -0.3 is 14.4 Å². The van der Waals surface area contributed by atoms with E-state index >= 15 is 0 Å². The third kappa shape index (κ3) is 3.94. The minimum atomic E-state index is -0.200. The monoisotopic (exact) mass is 379 g/mol. The fourth-order valence-electron chi connectivity index (χ4n) is 4.54. The summed E-state index contributed by atoms with van der Waals surface area (Å²) in [4.78, 5) is 13.5. The Morgan fingerprint density at radius 2 is 1.89 bits per heavy atom. The molecule has 0 saturated heterocycles. The van der Waals surface area contributed by atoms with Crippen molar-refractivity contribution in [2.24, 2.45) is 0 Å². The zero-order chi connectivity index (χ0) is 20.5. The number of fused-ring (bicyclic) bond motifs is 1. The molecular formula is C25H33NO2. The molecule has 0 fully saturated rings. The smallest absolute Gasteiger partial charge is 0.127 e. The standard InChI is InChI=1S/C25H33NO2/c1-17(2)22-20(13-10-14-27)24-21(15-25(4,5)28-24)18(3)23(22)26(6)16-19-11-8-7-9-12-19/h7-9,11-12,14,17H,10,13,15-16H2,1-6H3. The highest BCUT2D eigenvalue weighted by Gasteiger charge is 2.36. The number of aldehydes is 1. The van der Waals surface area contributed by atoms with E-state index in [2.05, 4.69) is 76.9 Å².